The van der Waals surface area contributed by atoms with E-state index in [4.69, 9.17) is 0 Å². The Kier molecular flexibility index (Phi) is 4.14. The Hall–Kier alpha value is -0.0800. The highest BCUT2D eigenvalue weighted by molar-refractivity contribution is 4.89. The van der Waals surface area contributed by atoms with Crippen molar-refractivity contribution < 1.29 is 5.11 Å². The van der Waals surface area contributed by atoms with Crippen molar-refractivity contribution in [3.63, 3.8) is 0 Å². The van der Waals surface area contributed by atoms with Crippen LogP contribution in [0.25, 0.3) is 0 Å². The van der Waals surface area contributed by atoms with Gasteiger partial charge in [-0.1, -0.05) is 20.8 Å². The summed E-state index contributed by atoms with van der Waals surface area (Å²) in [5.41, 5.74) is 0.524. The third kappa shape index (κ3) is 3.45. The molecule has 1 aliphatic carbocycles. The van der Waals surface area contributed by atoms with E-state index >= 15 is 0 Å². The SMILES string of the molecule is CC1CC(N2CCC(CO)CC2)CC(C)(C)C1. The van der Waals surface area contributed by atoms with Gasteiger partial charge in [-0.3, -0.25) is 0 Å². The van der Waals surface area contributed by atoms with Crippen LogP contribution >= 0.6 is 0 Å². The Morgan fingerprint density at radius 3 is 2.35 bits per heavy atom. The Morgan fingerprint density at radius 2 is 1.82 bits per heavy atom. The lowest BCUT2D eigenvalue weighted by atomic mass is 9.70. The van der Waals surface area contributed by atoms with Gasteiger partial charge in [0, 0.05) is 12.6 Å². The first-order chi connectivity index (χ1) is 8.00. The van der Waals surface area contributed by atoms with Crippen LogP contribution in [0.1, 0.15) is 52.9 Å². The number of hydrogen-bond acceptors (Lipinski definition) is 2. The number of nitrogens with zero attached hydrogens (tertiary/aromatic N) is 1. The molecule has 0 radical (unpaired) electrons. The first kappa shape index (κ1) is 13.4. The van der Waals surface area contributed by atoms with E-state index in [-0.39, 0.29) is 0 Å². The van der Waals surface area contributed by atoms with Gasteiger partial charge >= 0.3 is 0 Å². The van der Waals surface area contributed by atoms with E-state index in [0.29, 0.717) is 17.9 Å². The third-order valence-corrected chi connectivity index (χ3v) is 4.79. The van der Waals surface area contributed by atoms with Crippen molar-refractivity contribution in [1.29, 1.82) is 0 Å². The van der Waals surface area contributed by atoms with Crippen LogP contribution < -0.4 is 0 Å². The maximum Gasteiger partial charge on any atom is 0.0460 e. The molecule has 1 heterocycles. The second kappa shape index (κ2) is 5.27. The van der Waals surface area contributed by atoms with Gasteiger partial charge in [-0.25, -0.2) is 0 Å². The summed E-state index contributed by atoms with van der Waals surface area (Å²) in [6.45, 7) is 10.1. The molecule has 0 aromatic carbocycles. The van der Waals surface area contributed by atoms with Crippen LogP contribution in [-0.4, -0.2) is 35.7 Å². The Labute approximate surface area is 106 Å². The van der Waals surface area contributed by atoms with Gasteiger partial charge in [0.05, 0.1) is 0 Å². The number of rotatable bonds is 2. The van der Waals surface area contributed by atoms with Crippen LogP contribution in [0.3, 0.4) is 0 Å². The van der Waals surface area contributed by atoms with Crippen molar-refractivity contribution in [3.8, 4) is 0 Å². The van der Waals surface area contributed by atoms with Gasteiger partial charge in [0.1, 0.15) is 0 Å². The smallest absolute Gasteiger partial charge is 0.0460 e. The third-order valence-electron chi connectivity index (χ3n) is 4.79. The zero-order valence-corrected chi connectivity index (χ0v) is 11.8. The number of likely N-dealkylation sites (tertiary alicyclic amines) is 1. The van der Waals surface area contributed by atoms with Gasteiger partial charge in [-0.05, 0) is 62.4 Å². The van der Waals surface area contributed by atoms with Gasteiger partial charge < -0.3 is 10.0 Å². The van der Waals surface area contributed by atoms with E-state index in [1.807, 2.05) is 0 Å². The summed E-state index contributed by atoms with van der Waals surface area (Å²) in [7, 11) is 0. The van der Waals surface area contributed by atoms with Crippen molar-refractivity contribution in [1.82, 2.24) is 4.90 Å². The normalized spacial score (nSPS) is 36.0. The highest BCUT2D eigenvalue weighted by Crippen LogP contribution is 2.41. The molecular weight excluding hydrogens is 210 g/mol. The van der Waals surface area contributed by atoms with E-state index in [9.17, 15) is 5.11 Å². The first-order valence-electron chi connectivity index (χ1n) is 7.35. The highest BCUT2D eigenvalue weighted by Gasteiger charge is 2.35. The van der Waals surface area contributed by atoms with E-state index in [1.54, 1.807) is 0 Å². The molecule has 2 fully saturated rings. The fourth-order valence-corrected chi connectivity index (χ4v) is 4.07. The van der Waals surface area contributed by atoms with E-state index in [1.165, 1.54) is 45.2 Å². The predicted octanol–water partition coefficient (Wildman–Crippen LogP) is 2.91. The number of piperidine rings is 1. The quantitative estimate of drug-likeness (QED) is 0.801. The molecule has 0 aromatic rings. The highest BCUT2D eigenvalue weighted by atomic mass is 16.3. The van der Waals surface area contributed by atoms with Crippen molar-refractivity contribution in [2.75, 3.05) is 19.7 Å². The molecule has 2 heteroatoms. The predicted molar refractivity (Wildman–Crippen MR) is 72.0 cm³/mol. The molecule has 0 spiro atoms. The summed E-state index contributed by atoms with van der Waals surface area (Å²) >= 11 is 0. The van der Waals surface area contributed by atoms with Gasteiger partial charge in [-0.2, -0.15) is 0 Å². The molecule has 1 aliphatic heterocycles. The van der Waals surface area contributed by atoms with E-state index < -0.39 is 0 Å². The zero-order chi connectivity index (χ0) is 12.5. The lowest BCUT2D eigenvalue weighted by Crippen LogP contribution is -2.47. The number of hydrogen-bond donors (Lipinski definition) is 1. The number of aliphatic hydroxyl groups excluding tert-OH is 1. The van der Waals surface area contributed by atoms with Gasteiger partial charge in [0.25, 0.3) is 0 Å². The summed E-state index contributed by atoms with van der Waals surface area (Å²) in [5, 5.41) is 9.19. The van der Waals surface area contributed by atoms with Crippen molar-refractivity contribution in [2.24, 2.45) is 17.3 Å². The average Bonchev–Trinajstić information content (AvgIpc) is 2.26. The van der Waals surface area contributed by atoms with Gasteiger partial charge in [0.15, 0.2) is 0 Å². The second-order valence-corrected chi connectivity index (χ2v) is 7.23. The molecule has 0 bridgehead atoms. The van der Waals surface area contributed by atoms with Gasteiger partial charge in [0.2, 0.25) is 0 Å². The molecule has 1 saturated carbocycles. The minimum absolute atomic E-state index is 0.389. The van der Waals surface area contributed by atoms with E-state index in [0.717, 1.165) is 12.0 Å². The Morgan fingerprint density at radius 1 is 1.18 bits per heavy atom. The molecule has 1 saturated heterocycles. The fourth-order valence-electron chi connectivity index (χ4n) is 4.07. The van der Waals surface area contributed by atoms with Crippen LogP contribution in [0.4, 0.5) is 0 Å². The lowest BCUT2D eigenvalue weighted by molar-refractivity contribution is 0.0359. The van der Waals surface area contributed by atoms with Crippen LogP contribution in [0, 0.1) is 17.3 Å². The monoisotopic (exact) mass is 239 g/mol. The molecule has 0 aromatic heterocycles. The molecule has 0 amide bonds. The first-order valence-corrected chi connectivity index (χ1v) is 7.35. The fraction of sp³-hybridized carbons (Fsp3) is 1.00. The maximum atomic E-state index is 9.19. The molecule has 1 N–H and O–H groups in total. The van der Waals surface area contributed by atoms with Crippen LogP contribution in [0.5, 0.6) is 0 Å². The van der Waals surface area contributed by atoms with Crippen LogP contribution in [0.2, 0.25) is 0 Å². The van der Waals surface area contributed by atoms with Crippen molar-refractivity contribution >= 4 is 0 Å². The molecule has 100 valence electrons. The van der Waals surface area contributed by atoms with E-state index in [2.05, 4.69) is 25.7 Å². The molecule has 2 rings (SSSR count). The summed E-state index contributed by atoms with van der Waals surface area (Å²) < 4.78 is 0. The Balaban J connectivity index is 1.90. The van der Waals surface area contributed by atoms with Crippen LogP contribution in [-0.2, 0) is 0 Å². The summed E-state index contributed by atoms with van der Waals surface area (Å²) in [6.07, 6.45) is 6.52. The maximum absolute atomic E-state index is 9.19. The van der Waals surface area contributed by atoms with Crippen LogP contribution in [0.15, 0.2) is 0 Å². The molecular formula is C15H29NO. The standard InChI is InChI=1S/C15H29NO/c1-12-8-14(10-15(2,3)9-12)16-6-4-13(11-17)5-7-16/h12-14,17H,4-11H2,1-3H3. The second-order valence-electron chi connectivity index (χ2n) is 7.23. The minimum atomic E-state index is 0.389. The molecule has 2 atom stereocenters. The number of aliphatic hydroxyl groups is 1. The van der Waals surface area contributed by atoms with Gasteiger partial charge in [-0.15, -0.1) is 0 Å². The zero-order valence-electron chi connectivity index (χ0n) is 11.8. The molecule has 2 nitrogen and oxygen atoms in total. The van der Waals surface area contributed by atoms with Crippen molar-refractivity contribution in [3.05, 3.63) is 0 Å². The average molecular weight is 239 g/mol. The largest absolute Gasteiger partial charge is 0.396 e. The minimum Gasteiger partial charge on any atom is -0.396 e. The molecule has 2 aliphatic rings. The topological polar surface area (TPSA) is 23.5 Å². The summed E-state index contributed by atoms with van der Waals surface area (Å²) in [4.78, 5) is 2.70. The molecule has 2 unspecified atom stereocenters. The molecule has 17 heavy (non-hydrogen) atoms. The lowest BCUT2D eigenvalue weighted by Gasteiger charge is -2.46. The summed E-state index contributed by atoms with van der Waals surface area (Å²) in [5.74, 6) is 1.44. The Bertz CT molecular complexity index is 243. The van der Waals surface area contributed by atoms with Crippen molar-refractivity contribution in [2.45, 2.75) is 58.9 Å². The summed E-state index contributed by atoms with van der Waals surface area (Å²) in [6, 6.07) is 0.799.